The van der Waals surface area contributed by atoms with Crippen molar-refractivity contribution in [2.75, 3.05) is 26.7 Å². The Morgan fingerprint density at radius 1 is 0.800 bits per heavy atom. The zero-order valence-corrected chi connectivity index (χ0v) is 20.4. The molecule has 1 fully saturated rings. The maximum absolute atomic E-state index is 13.1. The van der Waals surface area contributed by atoms with E-state index < -0.39 is 64.9 Å². The molecule has 0 bridgehead atoms. The fourth-order valence-electron chi connectivity index (χ4n) is 3.96. The molecule has 14 nitrogen and oxygen atoms in total. The third kappa shape index (κ3) is 4.90. The first-order valence-corrected chi connectivity index (χ1v) is 11.3. The van der Waals surface area contributed by atoms with Gasteiger partial charge in [0.1, 0.15) is 0 Å². The number of allylic oxidation sites excluding steroid dienone is 1. The van der Waals surface area contributed by atoms with E-state index in [2.05, 4.69) is 6.58 Å². The number of aliphatic hydroxyl groups is 2. The van der Waals surface area contributed by atoms with E-state index >= 15 is 0 Å². The summed E-state index contributed by atoms with van der Waals surface area (Å²) in [6.45, 7) is 6.69. The van der Waals surface area contributed by atoms with Crippen molar-refractivity contribution in [2.45, 2.75) is 59.0 Å². The van der Waals surface area contributed by atoms with Gasteiger partial charge in [0, 0.05) is 7.05 Å². The Bertz CT molecular complexity index is 1180. The highest BCUT2D eigenvalue weighted by Crippen LogP contribution is 2.23. The Morgan fingerprint density at radius 3 is 1.74 bits per heavy atom. The topological polar surface area (TPSA) is 164 Å². The first-order chi connectivity index (χ1) is 16.4. The third-order valence-corrected chi connectivity index (χ3v) is 6.20. The molecule has 0 spiro atoms. The molecular weight excluding hydrogens is 464 g/mol. The van der Waals surface area contributed by atoms with Crippen molar-refractivity contribution < 1.29 is 29.1 Å². The van der Waals surface area contributed by atoms with E-state index in [4.69, 9.17) is 0 Å². The van der Waals surface area contributed by atoms with Crippen molar-refractivity contribution in [3.05, 3.63) is 44.1 Å². The van der Waals surface area contributed by atoms with Gasteiger partial charge in [0.15, 0.2) is 0 Å². The Balaban J connectivity index is 2.47. The van der Waals surface area contributed by atoms with E-state index in [1.807, 2.05) is 0 Å². The van der Waals surface area contributed by atoms with Gasteiger partial charge in [-0.3, -0.25) is 0 Å². The van der Waals surface area contributed by atoms with E-state index in [1.54, 1.807) is 20.8 Å². The summed E-state index contributed by atoms with van der Waals surface area (Å²) in [5, 5.41) is 20.7. The van der Waals surface area contributed by atoms with Crippen LogP contribution >= 0.6 is 0 Å². The van der Waals surface area contributed by atoms with Gasteiger partial charge in [0.05, 0.1) is 51.5 Å². The fraction of sp³-hybridized carbons (Fsp3) is 0.619. The molecular formula is C21H33N6O8+. The summed E-state index contributed by atoms with van der Waals surface area (Å²) in [4.78, 5) is 78.3. The number of hydrogen-bond acceptors (Lipinski definition) is 8. The second-order valence-corrected chi connectivity index (χ2v) is 8.30. The second kappa shape index (κ2) is 10.9. The van der Waals surface area contributed by atoms with Crippen LogP contribution in [0.4, 0.5) is 14.4 Å². The van der Waals surface area contributed by atoms with Crippen LogP contribution < -0.4 is 17.1 Å². The first kappa shape index (κ1) is 27.9. The van der Waals surface area contributed by atoms with Gasteiger partial charge in [-0.05, 0) is 20.3 Å². The number of imide groups is 3. The summed E-state index contributed by atoms with van der Waals surface area (Å²) in [5.74, 6) is 0. The molecule has 1 saturated heterocycles. The van der Waals surface area contributed by atoms with E-state index in [0.717, 1.165) is 9.47 Å². The zero-order valence-electron chi connectivity index (χ0n) is 20.4. The van der Waals surface area contributed by atoms with Crippen LogP contribution in [0.15, 0.2) is 27.0 Å². The van der Waals surface area contributed by atoms with Gasteiger partial charge in [-0.2, -0.15) is 4.48 Å². The molecule has 0 aliphatic carbocycles. The van der Waals surface area contributed by atoms with Crippen LogP contribution in [-0.4, -0.2) is 95.2 Å². The van der Waals surface area contributed by atoms with Crippen molar-refractivity contribution >= 4 is 18.1 Å². The lowest BCUT2D eigenvalue weighted by molar-refractivity contribution is -0.773. The van der Waals surface area contributed by atoms with Gasteiger partial charge in [-0.1, -0.05) is 13.0 Å². The Labute approximate surface area is 201 Å². The van der Waals surface area contributed by atoms with Crippen LogP contribution in [0.2, 0.25) is 0 Å². The Kier molecular flexibility index (Phi) is 8.70. The van der Waals surface area contributed by atoms with E-state index in [1.165, 1.54) is 13.1 Å². The Hall–Kier alpha value is -3.36. The monoisotopic (exact) mass is 497 g/mol. The van der Waals surface area contributed by atoms with Crippen LogP contribution in [0, 0.1) is 0 Å². The molecule has 14 heteroatoms. The molecule has 194 valence electrons. The molecule has 35 heavy (non-hydrogen) atoms. The SMILES string of the molecule is C=CCn1c(=O)n(CC(O)CC)c(=O)n(CC(O)CN2C(=O)N(C)C(=O)[N+](CC)(CC)C2=O)c1=O. The lowest BCUT2D eigenvalue weighted by Gasteiger charge is -2.41. The second-order valence-electron chi connectivity index (χ2n) is 8.30. The maximum Gasteiger partial charge on any atom is 0.436 e. The molecule has 2 unspecified atom stereocenters. The molecule has 0 saturated carbocycles. The van der Waals surface area contributed by atoms with Gasteiger partial charge in [-0.15, -0.1) is 6.58 Å². The van der Waals surface area contributed by atoms with Crippen molar-refractivity contribution in [2.24, 2.45) is 0 Å². The molecule has 1 aliphatic heterocycles. The Morgan fingerprint density at radius 2 is 1.29 bits per heavy atom. The highest BCUT2D eigenvalue weighted by molar-refractivity contribution is 6.05. The zero-order chi connectivity index (χ0) is 26.7. The van der Waals surface area contributed by atoms with Crippen LogP contribution in [0.25, 0.3) is 0 Å². The standard InChI is InChI=1S/C21H33N6O8/c1-6-10-23-17(31)24(11-14(28)7-2)19(33)25(18(23)32)12-15(29)13-26-16(30)22(5)20(34)27(8-3,9-4)21(26)35/h6,14-15,28-29H,1,7-13H2,2-5H3/q+1. The summed E-state index contributed by atoms with van der Waals surface area (Å²) < 4.78 is 1.35. The minimum atomic E-state index is -1.58. The minimum absolute atomic E-state index is 0.0782. The van der Waals surface area contributed by atoms with Crippen LogP contribution in [0.1, 0.15) is 27.2 Å². The lowest BCUT2D eigenvalue weighted by Crippen LogP contribution is -2.73. The fourth-order valence-corrected chi connectivity index (χ4v) is 3.96. The maximum atomic E-state index is 13.1. The molecule has 1 aromatic rings. The van der Waals surface area contributed by atoms with Crippen molar-refractivity contribution in [3.8, 4) is 0 Å². The third-order valence-electron chi connectivity index (χ3n) is 6.20. The molecule has 6 amide bonds. The minimum Gasteiger partial charge on any atom is -0.391 e. The summed E-state index contributed by atoms with van der Waals surface area (Å²) in [7, 11) is 1.22. The number of urea groups is 3. The summed E-state index contributed by atoms with van der Waals surface area (Å²) in [5.41, 5.74) is -3.01. The number of hydrogen-bond donors (Lipinski definition) is 2. The van der Waals surface area contributed by atoms with Crippen LogP contribution in [0.5, 0.6) is 0 Å². The molecule has 1 aromatic heterocycles. The number of carbonyl (C=O) groups is 3. The lowest BCUT2D eigenvalue weighted by atomic mass is 10.2. The molecule has 2 atom stereocenters. The van der Waals surface area contributed by atoms with Gasteiger partial charge in [-0.25, -0.2) is 52.3 Å². The number of rotatable bonds is 11. The number of quaternary nitrogens is 1. The number of carbonyl (C=O) groups excluding carboxylic acids is 3. The number of aromatic nitrogens is 3. The van der Waals surface area contributed by atoms with Crippen molar-refractivity contribution in [1.29, 1.82) is 0 Å². The van der Waals surface area contributed by atoms with Crippen molar-refractivity contribution in [1.82, 2.24) is 23.5 Å². The number of β-amino-alcohol motifs (C(OH)–C–C–N with tert-alkyl or cyclic N) is 1. The molecule has 0 aromatic carbocycles. The largest absolute Gasteiger partial charge is 0.436 e. The first-order valence-electron chi connectivity index (χ1n) is 11.3. The smallest absolute Gasteiger partial charge is 0.391 e. The summed E-state index contributed by atoms with van der Waals surface area (Å²) in [6.07, 6.45) is -1.08. The van der Waals surface area contributed by atoms with E-state index in [0.29, 0.717) is 14.0 Å². The van der Waals surface area contributed by atoms with Crippen LogP contribution in [0.3, 0.4) is 0 Å². The van der Waals surface area contributed by atoms with E-state index in [-0.39, 0.29) is 32.6 Å². The average Bonchev–Trinajstić information content (AvgIpc) is 2.84. The molecule has 2 rings (SSSR count). The van der Waals surface area contributed by atoms with Gasteiger partial charge in [0.2, 0.25) is 0 Å². The van der Waals surface area contributed by atoms with Gasteiger partial charge in [0.25, 0.3) is 0 Å². The molecule has 2 N–H and O–H groups in total. The summed E-state index contributed by atoms with van der Waals surface area (Å²) in [6, 6.07) is -2.46. The van der Waals surface area contributed by atoms with E-state index in [9.17, 15) is 39.0 Å². The number of nitrogens with zero attached hydrogens (tertiary/aromatic N) is 6. The molecule has 1 aliphatic rings. The highest BCUT2D eigenvalue weighted by atomic mass is 16.3. The highest BCUT2D eigenvalue weighted by Gasteiger charge is 2.55. The van der Waals surface area contributed by atoms with Gasteiger partial charge < -0.3 is 10.2 Å². The van der Waals surface area contributed by atoms with Crippen molar-refractivity contribution in [3.63, 3.8) is 0 Å². The molecule has 2 heterocycles. The number of amides is 6. The predicted octanol–water partition coefficient (Wildman–Crippen LogP) is -1.05. The quantitative estimate of drug-likeness (QED) is 0.289. The molecule has 0 radical (unpaired) electrons. The summed E-state index contributed by atoms with van der Waals surface area (Å²) >= 11 is 0. The predicted molar refractivity (Wildman–Crippen MR) is 124 cm³/mol. The normalized spacial score (nSPS) is 17.6. The number of aliphatic hydroxyl groups excluding tert-OH is 2. The van der Waals surface area contributed by atoms with Crippen LogP contribution in [-0.2, 0) is 19.6 Å². The van der Waals surface area contributed by atoms with Gasteiger partial charge >= 0.3 is 35.2 Å². The average molecular weight is 498 g/mol.